The molecule has 1 amide bonds. The number of nitrogens with one attached hydrogen (secondary N) is 1. The zero-order valence-electron chi connectivity index (χ0n) is 17.2. The number of aryl methyl sites for hydroxylation is 2. The first-order valence-electron chi connectivity index (χ1n) is 10.1. The van der Waals surface area contributed by atoms with Crippen LogP contribution in [0.25, 0.3) is 0 Å². The lowest BCUT2D eigenvalue weighted by molar-refractivity contribution is -0.181. The van der Waals surface area contributed by atoms with Crippen LogP contribution in [0, 0.1) is 13.8 Å². The van der Waals surface area contributed by atoms with E-state index in [2.05, 4.69) is 4.72 Å². The van der Waals surface area contributed by atoms with Crippen molar-refractivity contribution in [2.45, 2.75) is 37.4 Å². The van der Waals surface area contributed by atoms with Crippen molar-refractivity contribution >= 4 is 21.6 Å². The summed E-state index contributed by atoms with van der Waals surface area (Å²) in [5, 5.41) is 0. The minimum Gasteiger partial charge on any atom is -0.347 e. The van der Waals surface area contributed by atoms with Gasteiger partial charge in [0.15, 0.2) is 5.79 Å². The highest BCUT2D eigenvalue weighted by Gasteiger charge is 2.40. The van der Waals surface area contributed by atoms with Gasteiger partial charge in [-0.1, -0.05) is 6.07 Å². The summed E-state index contributed by atoms with van der Waals surface area (Å²) in [4.78, 5) is 14.8. The average molecular weight is 431 g/mol. The number of ether oxygens (including phenoxy) is 2. The molecule has 160 valence electrons. The van der Waals surface area contributed by atoms with Crippen molar-refractivity contribution in [3.8, 4) is 0 Å². The third kappa shape index (κ3) is 4.21. The lowest BCUT2D eigenvalue weighted by atomic mass is 10.0. The molecule has 2 fully saturated rings. The van der Waals surface area contributed by atoms with Crippen LogP contribution < -0.4 is 4.72 Å². The molecular weight excluding hydrogens is 404 g/mol. The second-order valence-corrected chi connectivity index (χ2v) is 9.51. The zero-order chi connectivity index (χ0) is 21.4. The number of amides is 1. The van der Waals surface area contributed by atoms with E-state index in [1.165, 1.54) is 0 Å². The van der Waals surface area contributed by atoms with Gasteiger partial charge < -0.3 is 14.4 Å². The maximum absolute atomic E-state index is 12.8. The van der Waals surface area contributed by atoms with Crippen LogP contribution in [-0.2, 0) is 19.5 Å². The molecule has 2 heterocycles. The van der Waals surface area contributed by atoms with Crippen LogP contribution in [0.5, 0.6) is 0 Å². The highest BCUT2D eigenvalue weighted by atomic mass is 32.2. The van der Waals surface area contributed by atoms with Crippen LogP contribution in [-0.4, -0.2) is 51.3 Å². The summed E-state index contributed by atoms with van der Waals surface area (Å²) in [5.41, 5.74) is 2.88. The van der Waals surface area contributed by atoms with Crippen LogP contribution in [0.15, 0.2) is 47.4 Å². The van der Waals surface area contributed by atoms with Crippen LogP contribution in [0.2, 0.25) is 0 Å². The van der Waals surface area contributed by atoms with Crippen molar-refractivity contribution < 1.29 is 22.7 Å². The van der Waals surface area contributed by atoms with Crippen LogP contribution >= 0.6 is 0 Å². The highest BCUT2D eigenvalue weighted by molar-refractivity contribution is 7.92. The fourth-order valence-corrected chi connectivity index (χ4v) is 4.94. The number of piperidine rings is 1. The molecule has 30 heavy (non-hydrogen) atoms. The van der Waals surface area contributed by atoms with E-state index in [1.807, 2.05) is 13.8 Å². The fourth-order valence-electron chi connectivity index (χ4n) is 3.79. The molecule has 7 nitrogen and oxygen atoms in total. The summed E-state index contributed by atoms with van der Waals surface area (Å²) < 4.78 is 39.3. The van der Waals surface area contributed by atoms with Crippen LogP contribution in [0.1, 0.15) is 34.3 Å². The lowest BCUT2D eigenvalue weighted by Gasteiger charge is -2.37. The number of nitrogens with zero attached hydrogens (tertiary/aromatic N) is 1. The van der Waals surface area contributed by atoms with Gasteiger partial charge in [-0.15, -0.1) is 0 Å². The Balaban J connectivity index is 1.41. The van der Waals surface area contributed by atoms with E-state index in [0.717, 1.165) is 11.1 Å². The molecule has 0 atom stereocenters. The molecule has 8 heteroatoms. The summed E-state index contributed by atoms with van der Waals surface area (Å²) in [6.07, 6.45) is 1.32. The first-order chi connectivity index (χ1) is 14.3. The predicted molar refractivity (Wildman–Crippen MR) is 113 cm³/mol. The average Bonchev–Trinajstić information content (AvgIpc) is 3.18. The van der Waals surface area contributed by atoms with Gasteiger partial charge in [-0.05, 0) is 61.4 Å². The fraction of sp³-hybridized carbons (Fsp3) is 0.409. The molecule has 0 aromatic heterocycles. The molecule has 1 spiro atoms. The van der Waals surface area contributed by atoms with Gasteiger partial charge in [0.25, 0.3) is 15.9 Å². The smallest absolute Gasteiger partial charge is 0.261 e. The van der Waals surface area contributed by atoms with Gasteiger partial charge in [-0.3, -0.25) is 9.52 Å². The monoisotopic (exact) mass is 430 g/mol. The molecule has 4 rings (SSSR count). The number of hydrogen-bond acceptors (Lipinski definition) is 5. The number of anilines is 1. The number of rotatable bonds is 4. The van der Waals surface area contributed by atoms with Crippen LogP contribution in [0.4, 0.5) is 5.69 Å². The Kier molecular flexibility index (Phi) is 5.57. The Hall–Kier alpha value is -2.42. The first kappa shape index (κ1) is 20.8. The van der Waals surface area contributed by atoms with E-state index in [1.54, 1.807) is 47.4 Å². The van der Waals surface area contributed by atoms with Crippen molar-refractivity contribution in [2.24, 2.45) is 0 Å². The number of likely N-dealkylation sites (tertiary alicyclic amines) is 1. The van der Waals surface area contributed by atoms with E-state index in [9.17, 15) is 13.2 Å². The van der Waals surface area contributed by atoms with Gasteiger partial charge in [-0.2, -0.15) is 0 Å². The Morgan fingerprint density at radius 2 is 1.60 bits per heavy atom. The summed E-state index contributed by atoms with van der Waals surface area (Å²) in [6, 6.07) is 11.5. The van der Waals surface area contributed by atoms with E-state index >= 15 is 0 Å². The largest absolute Gasteiger partial charge is 0.347 e. The maximum Gasteiger partial charge on any atom is 0.261 e. The molecule has 0 saturated carbocycles. The van der Waals surface area contributed by atoms with Gasteiger partial charge in [-0.25, -0.2) is 8.42 Å². The summed E-state index contributed by atoms with van der Waals surface area (Å²) >= 11 is 0. The topological polar surface area (TPSA) is 84.9 Å². The molecule has 2 aliphatic heterocycles. The molecule has 2 aliphatic rings. The van der Waals surface area contributed by atoms with Crippen molar-refractivity contribution in [2.75, 3.05) is 31.0 Å². The summed E-state index contributed by atoms with van der Waals surface area (Å²) in [5.74, 6) is -0.598. The van der Waals surface area contributed by atoms with E-state index in [-0.39, 0.29) is 10.8 Å². The third-order valence-corrected chi connectivity index (χ3v) is 7.18. The molecule has 2 saturated heterocycles. The van der Waals surface area contributed by atoms with Crippen molar-refractivity contribution in [1.29, 1.82) is 0 Å². The second-order valence-electron chi connectivity index (χ2n) is 7.83. The molecule has 0 aliphatic carbocycles. The Morgan fingerprint density at radius 3 is 2.20 bits per heavy atom. The molecule has 0 bridgehead atoms. The molecular formula is C22H26N2O5S. The molecule has 2 aromatic carbocycles. The Bertz CT molecular complexity index is 1030. The number of benzene rings is 2. The first-order valence-corrected chi connectivity index (χ1v) is 11.5. The zero-order valence-corrected chi connectivity index (χ0v) is 18.0. The molecule has 0 unspecified atom stereocenters. The van der Waals surface area contributed by atoms with Gasteiger partial charge in [0, 0.05) is 37.2 Å². The highest BCUT2D eigenvalue weighted by Crippen LogP contribution is 2.31. The van der Waals surface area contributed by atoms with E-state index < -0.39 is 15.8 Å². The Morgan fingerprint density at radius 1 is 0.967 bits per heavy atom. The minimum atomic E-state index is -3.69. The van der Waals surface area contributed by atoms with Crippen molar-refractivity contribution in [3.63, 3.8) is 0 Å². The number of hydrogen-bond donors (Lipinski definition) is 1. The minimum absolute atomic E-state index is 0.0774. The normalized spacial score (nSPS) is 18.5. The van der Waals surface area contributed by atoms with E-state index in [0.29, 0.717) is 50.4 Å². The molecule has 0 radical (unpaired) electrons. The standard InChI is InChI=1S/C22H26N2O5S/c1-16-3-8-20(15-17(16)2)30(26,27)23-19-6-4-18(5-7-19)21(25)24-11-9-22(10-12-24)28-13-14-29-22/h3-8,15,23H,9-14H2,1-2H3. The van der Waals surface area contributed by atoms with Gasteiger partial charge in [0.1, 0.15) is 0 Å². The Labute approximate surface area is 177 Å². The van der Waals surface area contributed by atoms with Gasteiger partial charge in [0.05, 0.1) is 18.1 Å². The maximum atomic E-state index is 12.8. The lowest BCUT2D eigenvalue weighted by Crippen LogP contribution is -2.47. The number of carbonyl (C=O) groups is 1. The summed E-state index contributed by atoms with van der Waals surface area (Å²) in [6.45, 7) is 6.16. The van der Waals surface area contributed by atoms with Crippen molar-refractivity contribution in [1.82, 2.24) is 4.90 Å². The van der Waals surface area contributed by atoms with E-state index in [4.69, 9.17) is 9.47 Å². The van der Waals surface area contributed by atoms with Gasteiger partial charge in [0.2, 0.25) is 0 Å². The SMILES string of the molecule is Cc1ccc(S(=O)(=O)Nc2ccc(C(=O)N3CCC4(CC3)OCCO4)cc2)cc1C. The third-order valence-electron chi connectivity index (χ3n) is 5.80. The predicted octanol–water partition coefficient (Wildman–Crippen LogP) is 3.08. The van der Waals surface area contributed by atoms with Gasteiger partial charge >= 0.3 is 0 Å². The van der Waals surface area contributed by atoms with Crippen molar-refractivity contribution in [3.05, 3.63) is 59.2 Å². The number of carbonyl (C=O) groups excluding carboxylic acids is 1. The van der Waals surface area contributed by atoms with Crippen LogP contribution in [0.3, 0.4) is 0 Å². The molecule has 1 N–H and O–H groups in total. The second kappa shape index (κ2) is 8.02. The number of sulfonamides is 1. The molecule has 2 aromatic rings. The summed E-state index contributed by atoms with van der Waals surface area (Å²) in [7, 11) is -3.69. The quantitative estimate of drug-likeness (QED) is 0.806.